The van der Waals surface area contributed by atoms with Gasteiger partial charge in [0, 0.05) is 12.0 Å². The largest absolute Gasteiger partial charge is 0.394 e. The Kier molecular flexibility index (Phi) is 13.8. The molecule has 0 atom stereocenters. The fraction of sp³-hybridized carbons (Fsp3) is 0.917. The highest BCUT2D eigenvalue weighted by molar-refractivity contribution is 5.83. The number of aliphatic hydroxyl groups excluding tert-OH is 1. The molecule has 3 N–H and O–H groups in total. The first kappa shape index (κ1) is 30.1. The van der Waals surface area contributed by atoms with Crippen LogP contribution in [0.15, 0.2) is 0 Å². The highest BCUT2D eigenvalue weighted by atomic mass is 16.3. The molecule has 0 spiro atoms. The smallest absolute Gasteiger partial charge is 0.226 e. The Morgan fingerprint density at radius 1 is 0.793 bits per heavy atom. The number of rotatable bonds is 11. The second kappa shape index (κ2) is 13.3. The highest BCUT2D eigenvalue weighted by Gasteiger charge is 2.42. The van der Waals surface area contributed by atoms with E-state index in [1.165, 1.54) is 0 Å². The summed E-state index contributed by atoms with van der Waals surface area (Å²) in [5.74, 6) is 1.06. The van der Waals surface area contributed by atoms with Crippen molar-refractivity contribution in [3.05, 3.63) is 0 Å². The van der Waals surface area contributed by atoms with Crippen molar-refractivity contribution in [1.82, 2.24) is 10.6 Å². The van der Waals surface area contributed by atoms with Crippen LogP contribution in [0.3, 0.4) is 0 Å². The number of carbonyl (C=O) groups is 2. The first-order chi connectivity index (χ1) is 13.3. The third-order valence-corrected chi connectivity index (χ3v) is 6.76. The van der Waals surface area contributed by atoms with Crippen molar-refractivity contribution < 1.29 is 14.7 Å². The maximum absolute atomic E-state index is 12.1. The summed E-state index contributed by atoms with van der Waals surface area (Å²) < 4.78 is 0. The van der Waals surface area contributed by atoms with Gasteiger partial charge < -0.3 is 15.7 Å². The average Bonchev–Trinajstić information content (AvgIpc) is 2.64. The molecule has 0 aromatic rings. The topological polar surface area (TPSA) is 78.4 Å². The maximum Gasteiger partial charge on any atom is 0.226 e. The van der Waals surface area contributed by atoms with Crippen molar-refractivity contribution in [2.24, 2.45) is 22.7 Å². The van der Waals surface area contributed by atoms with Crippen LogP contribution in [0.1, 0.15) is 102 Å². The van der Waals surface area contributed by atoms with Gasteiger partial charge in [-0.3, -0.25) is 9.59 Å². The van der Waals surface area contributed by atoms with Crippen molar-refractivity contribution >= 4 is 11.8 Å². The Morgan fingerprint density at radius 2 is 1.21 bits per heavy atom. The van der Waals surface area contributed by atoms with Gasteiger partial charge in [-0.1, -0.05) is 55.4 Å². The molecule has 0 radical (unpaired) electrons. The van der Waals surface area contributed by atoms with E-state index in [0.29, 0.717) is 11.8 Å². The standard InChI is InChI=1S/C12H25NO2.C12H25NO/c1-6-12(7-2,8-3)10(15)13-11(4,5)9-14;1-7-12(9(3)4,10(5)6)11(14)13-8-2/h14H,6-9H2,1-5H3,(H,13,15);9-10H,7-8H2,1-6H3,(H,13,14). The van der Waals surface area contributed by atoms with Crippen molar-refractivity contribution in [3.63, 3.8) is 0 Å². The predicted octanol–water partition coefficient (Wildman–Crippen LogP) is 4.92. The summed E-state index contributed by atoms with van der Waals surface area (Å²) in [5.41, 5.74) is -0.996. The van der Waals surface area contributed by atoms with Crippen molar-refractivity contribution in [2.75, 3.05) is 13.2 Å². The lowest BCUT2D eigenvalue weighted by Crippen LogP contribution is -2.52. The van der Waals surface area contributed by atoms with Crippen LogP contribution in [0, 0.1) is 22.7 Å². The number of aliphatic hydroxyl groups is 1. The lowest BCUT2D eigenvalue weighted by Gasteiger charge is -2.39. The molecular formula is C24H50N2O3. The van der Waals surface area contributed by atoms with E-state index >= 15 is 0 Å². The van der Waals surface area contributed by atoms with Crippen molar-refractivity contribution in [2.45, 2.75) is 107 Å². The summed E-state index contributed by atoms with van der Waals surface area (Å²) in [6, 6.07) is 0. The number of hydrogen-bond donors (Lipinski definition) is 3. The number of carbonyl (C=O) groups excluding carboxylic acids is 2. The summed E-state index contributed by atoms with van der Waals surface area (Å²) in [7, 11) is 0. The molecule has 0 bridgehead atoms. The molecule has 0 aromatic carbocycles. The molecule has 2 amide bonds. The van der Waals surface area contributed by atoms with Gasteiger partial charge in [-0.25, -0.2) is 0 Å². The summed E-state index contributed by atoms with van der Waals surface area (Å²) in [6.07, 6.45) is 3.43. The maximum atomic E-state index is 12.1. The Balaban J connectivity index is 0. The third kappa shape index (κ3) is 7.92. The van der Waals surface area contributed by atoms with Gasteiger partial charge in [0.15, 0.2) is 0 Å². The Hall–Kier alpha value is -1.10. The second-order valence-electron chi connectivity index (χ2n) is 9.40. The number of amides is 2. The minimum absolute atomic E-state index is 0.0358. The van der Waals surface area contributed by atoms with Crippen molar-refractivity contribution in [3.8, 4) is 0 Å². The monoisotopic (exact) mass is 414 g/mol. The molecular weight excluding hydrogens is 364 g/mol. The lowest BCUT2D eigenvalue weighted by molar-refractivity contribution is -0.137. The molecule has 0 aliphatic heterocycles. The fourth-order valence-electron chi connectivity index (χ4n) is 4.20. The molecule has 0 fully saturated rings. The molecule has 0 rings (SSSR count). The van der Waals surface area contributed by atoms with Gasteiger partial charge in [0.1, 0.15) is 0 Å². The molecule has 0 unspecified atom stereocenters. The molecule has 0 saturated heterocycles. The van der Waals surface area contributed by atoms with Crippen LogP contribution in [-0.4, -0.2) is 35.6 Å². The van der Waals surface area contributed by atoms with Gasteiger partial charge in [-0.2, -0.15) is 0 Å². The minimum atomic E-state index is -0.526. The second-order valence-corrected chi connectivity index (χ2v) is 9.40. The van der Waals surface area contributed by atoms with Crippen LogP contribution in [0.5, 0.6) is 0 Å². The zero-order chi connectivity index (χ0) is 23.5. The molecule has 0 aliphatic rings. The number of nitrogens with one attached hydrogen (secondary N) is 2. The van der Waals surface area contributed by atoms with E-state index in [-0.39, 0.29) is 29.3 Å². The summed E-state index contributed by atoms with van der Waals surface area (Å²) in [6.45, 7) is 23.1. The van der Waals surface area contributed by atoms with Gasteiger partial charge in [0.2, 0.25) is 11.8 Å². The normalized spacial score (nSPS) is 12.5. The van der Waals surface area contributed by atoms with E-state index in [9.17, 15) is 9.59 Å². The van der Waals surface area contributed by atoms with Gasteiger partial charge in [-0.05, 0) is 58.3 Å². The van der Waals surface area contributed by atoms with Gasteiger partial charge in [-0.15, -0.1) is 0 Å². The molecule has 0 aromatic heterocycles. The zero-order valence-electron chi connectivity index (χ0n) is 21.2. The van der Waals surface area contributed by atoms with E-state index in [1.54, 1.807) is 0 Å². The van der Waals surface area contributed by atoms with Gasteiger partial charge in [0.25, 0.3) is 0 Å². The summed E-state index contributed by atoms with van der Waals surface area (Å²) >= 11 is 0. The quantitative estimate of drug-likeness (QED) is 0.449. The minimum Gasteiger partial charge on any atom is -0.394 e. The molecule has 174 valence electrons. The van der Waals surface area contributed by atoms with Gasteiger partial charge in [0.05, 0.1) is 17.6 Å². The van der Waals surface area contributed by atoms with Crippen LogP contribution >= 0.6 is 0 Å². The molecule has 0 saturated carbocycles. The zero-order valence-corrected chi connectivity index (χ0v) is 21.2. The Labute approximate surface area is 180 Å². The van der Waals surface area contributed by atoms with E-state index in [2.05, 4.69) is 45.3 Å². The van der Waals surface area contributed by atoms with Gasteiger partial charge >= 0.3 is 0 Å². The number of hydrogen-bond acceptors (Lipinski definition) is 3. The first-order valence-corrected chi connectivity index (χ1v) is 11.5. The molecule has 0 heterocycles. The van der Waals surface area contributed by atoms with E-state index in [4.69, 9.17) is 5.11 Å². The SMILES string of the molecule is CCC(CC)(CC)C(=O)NC(C)(C)CO.CCNC(=O)C(CC)(C(C)C)C(C)C. The van der Waals surface area contributed by atoms with E-state index in [0.717, 1.165) is 32.2 Å². The molecule has 5 heteroatoms. The summed E-state index contributed by atoms with van der Waals surface area (Å²) in [4.78, 5) is 24.2. The molecule has 29 heavy (non-hydrogen) atoms. The van der Waals surface area contributed by atoms with Crippen LogP contribution in [0.25, 0.3) is 0 Å². The molecule has 0 aliphatic carbocycles. The Morgan fingerprint density at radius 3 is 1.45 bits per heavy atom. The highest BCUT2D eigenvalue weighted by Crippen LogP contribution is 2.39. The van der Waals surface area contributed by atoms with E-state index < -0.39 is 5.54 Å². The van der Waals surface area contributed by atoms with Crippen LogP contribution in [-0.2, 0) is 9.59 Å². The first-order valence-electron chi connectivity index (χ1n) is 11.5. The van der Waals surface area contributed by atoms with Crippen LogP contribution in [0.2, 0.25) is 0 Å². The van der Waals surface area contributed by atoms with Crippen molar-refractivity contribution in [1.29, 1.82) is 0 Å². The lowest BCUT2D eigenvalue weighted by atomic mass is 9.66. The predicted molar refractivity (Wildman–Crippen MR) is 124 cm³/mol. The van der Waals surface area contributed by atoms with Crippen LogP contribution in [0.4, 0.5) is 0 Å². The molecule has 5 nitrogen and oxygen atoms in total. The van der Waals surface area contributed by atoms with E-state index in [1.807, 2.05) is 41.5 Å². The summed E-state index contributed by atoms with van der Waals surface area (Å²) in [5, 5.41) is 15.0. The fourth-order valence-corrected chi connectivity index (χ4v) is 4.20. The van der Waals surface area contributed by atoms with Crippen LogP contribution < -0.4 is 10.6 Å². The third-order valence-electron chi connectivity index (χ3n) is 6.76. The average molecular weight is 415 g/mol. The Bertz CT molecular complexity index is 464.